The number of nitrogens with zero attached hydrogens (tertiary/aromatic N) is 1. The first-order valence-corrected chi connectivity index (χ1v) is 8.10. The second kappa shape index (κ2) is 7.03. The lowest BCUT2D eigenvalue weighted by molar-refractivity contribution is -0.0510. The topological polar surface area (TPSA) is 38.5 Å². The van der Waals surface area contributed by atoms with Gasteiger partial charge in [0.15, 0.2) is 0 Å². The molecule has 0 saturated carbocycles. The third kappa shape index (κ3) is 4.29. The van der Waals surface area contributed by atoms with Gasteiger partial charge in [0.05, 0.1) is 5.60 Å². The van der Waals surface area contributed by atoms with Crippen molar-refractivity contribution in [2.75, 3.05) is 26.7 Å². The van der Waals surface area contributed by atoms with E-state index in [0.29, 0.717) is 0 Å². The standard InChI is InChI=1S/C16H25BrN2O/c1-16(20-2)8-4-9-19(12-16)10-7-15(18)13-5-3-6-14(17)11-13/h3,5-6,11,15H,4,7-10,12,18H2,1-2H3. The molecule has 1 aliphatic heterocycles. The molecule has 1 saturated heterocycles. The van der Waals surface area contributed by atoms with Gasteiger partial charge in [-0.25, -0.2) is 0 Å². The number of nitrogens with two attached hydrogens (primary N) is 1. The van der Waals surface area contributed by atoms with Crippen LogP contribution in [0, 0.1) is 0 Å². The highest BCUT2D eigenvalue weighted by atomic mass is 79.9. The first kappa shape index (κ1) is 16.0. The summed E-state index contributed by atoms with van der Waals surface area (Å²) in [6.07, 6.45) is 3.34. The van der Waals surface area contributed by atoms with Gasteiger partial charge < -0.3 is 15.4 Å². The van der Waals surface area contributed by atoms with Gasteiger partial charge in [-0.2, -0.15) is 0 Å². The molecule has 4 heteroatoms. The van der Waals surface area contributed by atoms with E-state index in [1.165, 1.54) is 12.0 Å². The van der Waals surface area contributed by atoms with E-state index < -0.39 is 0 Å². The normalized spacial score (nSPS) is 25.6. The van der Waals surface area contributed by atoms with Crippen molar-refractivity contribution in [2.45, 2.75) is 37.8 Å². The molecule has 0 amide bonds. The van der Waals surface area contributed by atoms with Gasteiger partial charge in [0, 0.05) is 30.7 Å². The number of halogens is 1. The third-order valence-electron chi connectivity index (χ3n) is 4.26. The van der Waals surface area contributed by atoms with Gasteiger partial charge in [-0.1, -0.05) is 28.1 Å². The van der Waals surface area contributed by atoms with Crippen LogP contribution in [0.3, 0.4) is 0 Å². The lowest BCUT2D eigenvalue weighted by Crippen LogP contribution is -2.47. The van der Waals surface area contributed by atoms with Crippen LogP contribution in [0.4, 0.5) is 0 Å². The van der Waals surface area contributed by atoms with Crippen LogP contribution in [0.15, 0.2) is 28.7 Å². The Hall–Kier alpha value is -0.420. The molecule has 20 heavy (non-hydrogen) atoms. The summed E-state index contributed by atoms with van der Waals surface area (Å²) >= 11 is 3.50. The average Bonchev–Trinajstić information content (AvgIpc) is 2.45. The van der Waals surface area contributed by atoms with Crippen LogP contribution in [0.2, 0.25) is 0 Å². The summed E-state index contributed by atoms with van der Waals surface area (Å²) in [6.45, 7) is 5.40. The van der Waals surface area contributed by atoms with Gasteiger partial charge in [-0.15, -0.1) is 0 Å². The number of rotatable bonds is 5. The van der Waals surface area contributed by atoms with E-state index in [0.717, 1.165) is 36.9 Å². The van der Waals surface area contributed by atoms with Gasteiger partial charge >= 0.3 is 0 Å². The number of benzene rings is 1. The Bertz CT molecular complexity index is 440. The molecule has 3 nitrogen and oxygen atoms in total. The fourth-order valence-corrected chi connectivity index (χ4v) is 3.31. The van der Waals surface area contributed by atoms with Crippen LogP contribution >= 0.6 is 15.9 Å². The largest absolute Gasteiger partial charge is 0.377 e. The van der Waals surface area contributed by atoms with Crippen molar-refractivity contribution in [2.24, 2.45) is 5.73 Å². The number of likely N-dealkylation sites (tertiary alicyclic amines) is 1. The summed E-state index contributed by atoms with van der Waals surface area (Å²) in [6, 6.07) is 8.39. The zero-order valence-electron chi connectivity index (χ0n) is 12.4. The van der Waals surface area contributed by atoms with Crippen LogP contribution in [0.1, 0.15) is 37.8 Å². The van der Waals surface area contributed by atoms with Crippen molar-refractivity contribution in [1.82, 2.24) is 4.90 Å². The lowest BCUT2D eigenvalue weighted by Gasteiger charge is -2.39. The quantitative estimate of drug-likeness (QED) is 0.893. The van der Waals surface area contributed by atoms with Crippen LogP contribution in [-0.4, -0.2) is 37.2 Å². The van der Waals surface area contributed by atoms with Gasteiger partial charge in [0.25, 0.3) is 0 Å². The number of ether oxygens (including phenoxy) is 1. The number of piperidine rings is 1. The highest BCUT2D eigenvalue weighted by molar-refractivity contribution is 9.10. The summed E-state index contributed by atoms with van der Waals surface area (Å²) < 4.78 is 6.73. The lowest BCUT2D eigenvalue weighted by atomic mass is 9.94. The molecule has 1 aromatic rings. The summed E-state index contributed by atoms with van der Waals surface area (Å²) in [5.74, 6) is 0. The minimum absolute atomic E-state index is 0.0120. The fraction of sp³-hybridized carbons (Fsp3) is 0.625. The van der Waals surface area contributed by atoms with Gasteiger partial charge in [-0.3, -0.25) is 0 Å². The molecule has 1 fully saturated rings. The zero-order chi connectivity index (χ0) is 14.6. The van der Waals surface area contributed by atoms with E-state index in [-0.39, 0.29) is 11.6 Å². The van der Waals surface area contributed by atoms with Crippen LogP contribution in [-0.2, 0) is 4.74 Å². The Morgan fingerprint density at radius 3 is 3.00 bits per heavy atom. The van der Waals surface area contributed by atoms with Crippen molar-refractivity contribution in [1.29, 1.82) is 0 Å². The molecule has 2 N–H and O–H groups in total. The van der Waals surface area contributed by atoms with Crippen LogP contribution in [0.5, 0.6) is 0 Å². The zero-order valence-corrected chi connectivity index (χ0v) is 14.0. The maximum atomic E-state index is 6.30. The van der Waals surface area contributed by atoms with E-state index in [4.69, 9.17) is 10.5 Å². The van der Waals surface area contributed by atoms with Gasteiger partial charge in [0.2, 0.25) is 0 Å². The van der Waals surface area contributed by atoms with E-state index in [9.17, 15) is 0 Å². The first-order valence-electron chi connectivity index (χ1n) is 7.31. The molecule has 2 unspecified atom stereocenters. The number of methoxy groups -OCH3 is 1. The highest BCUT2D eigenvalue weighted by Crippen LogP contribution is 2.25. The molecule has 0 spiro atoms. The second-order valence-electron chi connectivity index (χ2n) is 5.98. The fourth-order valence-electron chi connectivity index (χ4n) is 2.89. The summed E-state index contributed by atoms with van der Waals surface area (Å²) in [7, 11) is 1.82. The predicted molar refractivity (Wildman–Crippen MR) is 86.8 cm³/mol. The SMILES string of the molecule is COC1(C)CCCN(CCC(N)c2cccc(Br)c2)C1. The Labute approximate surface area is 130 Å². The minimum atomic E-state index is 0.0120. The molecule has 1 aromatic carbocycles. The maximum Gasteiger partial charge on any atom is 0.0777 e. The van der Waals surface area contributed by atoms with Crippen LogP contribution < -0.4 is 5.73 Å². The molecule has 0 aromatic heterocycles. The van der Waals surface area contributed by atoms with Crippen LogP contribution in [0.25, 0.3) is 0 Å². The maximum absolute atomic E-state index is 6.30. The molecule has 2 rings (SSSR count). The number of hydrogen-bond donors (Lipinski definition) is 1. The Balaban J connectivity index is 1.85. The molecule has 0 radical (unpaired) electrons. The van der Waals surface area contributed by atoms with E-state index >= 15 is 0 Å². The van der Waals surface area contributed by atoms with Gasteiger partial charge in [0.1, 0.15) is 0 Å². The molecular formula is C16H25BrN2O. The second-order valence-corrected chi connectivity index (χ2v) is 6.90. The monoisotopic (exact) mass is 340 g/mol. The Morgan fingerprint density at radius 1 is 1.50 bits per heavy atom. The predicted octanol–water partition coefficient (Wildman–Crippen LogP) is 3.34. The summed E-state index contributed by atoms with van der Waals surface area (Å²) in [5.41, 5.74) is 7.51. The molecule has 0 aliphatic carbocycles. The highest BCUT2D eigenvalue weighted by Gasteiger charge is 2.30. The number of hydrogen-bond acceptors (Lipinski definition) is 3. The van der Waals surface area contributed by atoms with Crippen molar-refractivity contribution >= 4 is 15.9 Å². The Kier molecular flexibility index (Phi) is 5.61. The Morgan fingerprint density at radius 2 is 2.30 bits per heavy atom. The van der Waals surface area contributed by atoms with Crippen molar-refractivity contribution < 1.29 is 4.74 Å². The van der Waals surface area contributed by atoms with Crippen molar-refractivity contribution in [3.05, 3.63) is 34.3 Å². The molecule has 112 valence electrons. The van der Waals surface area contributed by atoms with Gasteiger partial charge in [-0.05, 0) is 50.4 Å². The first-order chi connectivity index (χ1) is 9.52. The molecule has 0 bridgehead atoms. The van der Waals surface area contributed by atoms with Crippen molar-refractivity contribution in [3.8, 4) is 0 Å². The average molecular weight is 341 g/mol. The molecule has 1 heterocycles. The molecular weight excluding hydrogens is 316 g/mol. The van der Waals surface area contributed by atoms with E-state index in [2.05, 4.69) is 39.9 Å². The third-order valence-corrected chi connectivity index (χ3v) is 4.76. The van der Waals surface area contributed by atoms with Crippen molar-refractivity contribution in [3.63, 3.8) is 0 Å². The summed E-state index contributed by atoms with van der Waals surface area (Å²) in [5, 5.41) is 0. The van der Waals surface area contributed by atoms with E-state index in [1.807, 2.05) is 19.2 Å². The minimum Gasteiger partial charge on any atom is -0.377 e. The molecule has 2 atom stereocenters. The smallest absolute Gasteiger partial charge is 0.0777 e. The molecule has 1 aliphatic rings. The van der Waals surface area contributed by atoms with E-state index in [1.54, 1.807) is 0 Å². The summed E-state index contributed by atoms with van der Waals surface area (Å²) in [4.78, 5) is 2.48.